The molecule has 0 bridgehead atoms. The lowest BCUT2D eigenvalue weighted by Crippen LogP contribution is -2.61. The average Bonchev–Trinajstić information content (AvgIpc) is 3.00. The number of unbranched alkanes of at least 4 members (excludes halogenated alkanes) is 18. The van der Waals surface area contributed by atoms with Gasteiger partial charge in [0, 0.05) is 19.6 Å². The zero-order valence-electron chi connectivity index (χ0n) is 31.1. The van der Waals surface area contributed by atoms with Gasteiger partial charge in [0.15, 0.2) is 0 Å². The summed E-state index contributed by atoms with van der Waals surface area (Å²) >= 11 is 0. The van der Waals surface area contributed by atoms with E-state index >= 15 is 0 Å². The van der Waals surface area contributed by atoms with Gasteiger partial charge in [-0.25, -0.2) is 4.99 Å². The molecular weight excluding hydrogens is 573 g/mol. The van der Waals surface area contributed by atoms with Crippen LogP contribution in [-0.2, 0) is 0 Å². The molecule has 0 spiro atoms. The van der Waals surface area contributed by atoms with Gasteiger partial charge in [-0.2, -0.15) is 0 Å². The summed E-state index contributed by atoms with van der Waals surface area (Å²) in [5, 5.41) is 0. The lowest BCUT2D eigenvalue weighted by atomic mass is 10.1. The topological polar surface area (TPSA) is 15.6 Å². The first-order chi connectivity index (χ1) is 21.7. The van der Waals surface area contributed by atoms with Gasteiger partial charge >= 0.3 is 7.25 Å². The quantitative estimate of drug-likeness (QED) is 0.0188. The minimum absolute atomic E-state index is 1.04. The molecule has 3 nitrogen and oxygen atoms in total. The van der Waals surface area contributed by atoms with Gasteiger partial charge in [-0.05, 0) is 57.8 Å². The Bertz CT molecular complexity index is 582. The molecule has 0 aromatic rings. The van der Waals surface area contributed by atoms with Crippen LogP contribution in [0, 0.1) is 0 Å². The molecular formula is C37H78BF4N3. The SMILES string of the molecule is CCCCCCN=C(N(CCCCCC)CCCCCC)[N+](CCCCCC)(CCCCCC)CCCCCC.F[B-](F)(F)F. The Hall–Kier alpha value is -0.785. The maximum Gasteiger partial charge on any atom is 0.673 e. The van der Waals surface area contributed by atoms with Crippen molar-refractivity contribution in [1.29, 1.82) is 0 Å². The van der Waals surface area contributed by atoms with E-state index in [-0.39, 0.29) is 0 Å². The highest BCUT2D eigenvalue weighted by molar-refractivity contribution is 6.50. The Labute approximate surface area is 279 Å². The Morgan fingerprint density at radius 2 is 0.733 bits per heavy atom. The summed E-state index contributed by atoms with van der Waals surface area (Å²) in [6.07, 6.45) is 32.4. The third-order valence-electron chi connectivity index (χ3n) is 8.85. The Morgan fingerprint density at radius 1 is 0.444 bits per heavy atom. The van der Waals surface area contributed by atoms with Crippen LogP contribution in [-0.4, -0.2) is 61.9 Å². The van der Waals surface area contributed by atoms with Gasteiger partial charge in [0.2, 0.25) is 0 Å². The maximum absolute atomic E-state index is 9.75. The van der Waals surface area contributed by atoms with Crippen LogP contribution in [0.5, 0.6) is 0 Å². The highest BCUT2D eigenvalue weighted by Gasteiger charge is 2.37. The monoisotopic (exact) mass is 652 g/mol. The smallest absolute Gasteiger partial charge is 0.418 e. The van der Waals surface area contributed by atoms with E-state index in [0.717, 1.165) is 6.54 Å². The van der Waals surface area contributed by atoms with Gasteiger partial charge in [-0.1, -0.05) is 138 Å². The molecule has 0 saturated heterocycles. The van der Waals surface area contributed by atoms with Gasteiger partial charge in [0.05, 0.1) is 19.6 Å². The van der Waals surface area contributed by atoms with Crippen molar-refractivity contribution in [1.82, 2.24) is 4.90 Å². The molecule has 0 aliphatic carbocycles. The first-order valence-corrected chi connectivity index (χ1v) is 19.7. The Balaban J connectivity index is 0. The molecule has 0 rings (SSSR count). The molecule has 0 saturated carbocycles. The lowest BCUT2D eigenvalue weighted by Gasteiger charge is -2.43. The molecule has 0 heterocycles. The number of hydrogen-bond acceptors (Lipinski definition) is 1. The zero-order chi connectivity index (χ0) is 34.1. The van der Waals surface area contributed by atoms with E-state index in [4.69, 9.17) is 4.99 Å². The summed E-state index contributed by atoms with van der Waals surface area (Å²) in [5.41, 5.74) is 0. The van der Waals surface area contributed by atoms with Crippen LogP contribution in [0.4, 0.5) is 17.3 Å². The average molecular weight is 652 g/mol. The number of rotatable bonds is 30. The van der Waals surface area contributed by atoms with Crippen LogP contribution < -0.4 is 0 Å². The van der Waals surface area contributed by atoms with Crippen LogP contribution in [0.2, 0.25) is 0 Å². The highest BCUT2D eigenvalue weighted by Crippen LogP contribution is 2.23. The van der Waals surface area contributed by atoms with E-state index in [1.165, 1.54) is 197 Å². The van der Waals surface area contributed by atoms with E-state index in [9.17, 15) is 17.3 Å². The fourth-order valence-corrected chi connectivity index (χ4v) is 6.20. The molecule has 0 radical (unpaired) electrons. The second kappa shape index (κ2) is 33.1. The molecule has 0 aromatic heterocycles. The van der Waals surface area contributed by atoms with Crippen molar-refractivity contribution < 1.29 is 21.7 Å². The van der Waals surface area contributed by atoms with Gasteiger partial charge in [0.1, 0.15) is 0 Å². The zero-order valence-corrected chi connectivity index (χ0v) is 31.1. The second-order valence-corrected chi connectivity index (χ2v) is 13.3. The Kier molecular flexibility index (Phi) is 34.1. The standard InChI is InChI=1S/C37H78N3.BF4/c1-7-13-19-25-31-38-37(39(32-26-20-14-8-2)33-27-21-15-9-3)40(34-28-22-16-10-4,35-29-23-17-11-5)36-30-24-18-12-6;2-1(3,4)5/h7-36H2,1-6H3;/q+1;-1. The van der Waals surface area contributed by atoms with E-state index in [2.05, 4.69) is 46.4 Å². The van der Waals surface area contributed by atoms with Gasteiger partial charge in [-0.3, -0.25) is 4.48 Å². The van der Waals surface area contributed by atoms with Crippen molar-refractivity contribution in [3.05, 3.63) is 0 Å². The molecule has 0 atom stereocenters. The van der Waals surface area contributed by atoms with Gasteiger partial charge in [0.25, 0.3) is 5.96 Å². The number of halogens is 4. The fourth-order valence-electron chi connectivity index (χ4n) is 6.20. The molecule has 0 unspecified atom stereocenters. The number of guanidine groups is 1. The second-order valence-electron chi connectivity index (χ2n) is 13.3. The molecule has 8 heteroatoms. The molecule has 0 amide bonds. The summed E-state index contributed by atoms with van der Waals surface area (Å²) in [5.74, 6) is 1.52. The van der Waals surface area contributed by atoms with Crippen LogP contribution in [0.25, 0.3) is 0 Å². The van der Waals surface area contributed by atoms with E-state index in [1.54, 1.807) is 0 Å². The Morgan fingerprint density at radius 3 is 1.04 bits per heavy atom. The summed E-state index contributed by atoms with van der Waals surface area (Å²) in [7, 11) is -6.00. The number of nitrogens with zero attached hydrogens (tertiary/aromatic N) is 3. The van der Waals surface area contributed by atoms with Crippen molar-refractivity contribution in [2.45, 2.75) is 196 Å². The largest absolute Gasteiger partial charge is 0.673 e. The molecule has 0 aromatic carbocycles. The van der Waals surface area contributed by atoms with Crippen molar-refractivity contribution in [2.75, 3.05) is 39.3 Å². The fraction of sp³-hybridized carbons (Fsp3) is 0.973. The third kappa shape index (κ3) is 30.3. The van der Waals surface area contributed by atoms with Crippen LogP contribution in [0.15, 0.2) is 4.99 Å². The molecule has 0 N–H and O–H groups in total. The maximum atomic E-state index is 9.75. The third-order valence-corrected chi connectivity index (χ3v) is 8.85. The number of quaternary nitrogens is 1. The number of aliphatic imine (C=N–C) groups is 1. The van der Waals surface area contributed by atoms with Crippen LogP contribution in [0.1, 0.15) is 196 Å². The van der Waals surface area contributed by atoms with Crippen molar-refractivity contribution >= 4 is 13.2 Å². The molecule has 0 fully saturated rings. The van der Waals surface area contributed by atoms with Crippen LogP contribution >= 0.6 is 0 Å². The summed E-state index contributed by atoms with van der Waals surface area (Å²) in [6.45, 7) is 21.5. The normalized spacial score (nSPS) is 12.4. The summed E-state index contributed by atoms with van der Waals surface area (Å²) in [4.78, 5) is 8.53. The van der Waals surface area contributed by atoms with Crippen molar-refractivity contribution in [2.24, 2.45) is 4.99 Å². The minimum Gasteiger partial charge on any atom is -0.418 e. The van der Waals surface area contributed by atoms with Crippen LogP contribution in [0.3, 0.4) is 0 Å². The van der Waals surface area contributed by atoms with E-state index < -0.39 is 7.25 Å². The summed E-state index contributed by atoms with van der Waals surface area (Å²) in [6, 6.07) is 0. The molecule has 0 aliphatic rings. The first-order valence-electron chi connectivity index (χ1n) is 19.7. The minimum atomic E-state index is -6.00. The predicted octanol–water partition coefficient (Wildman–Crippen LogP) is 13.2. The molecule has 0 aliphatic heterocycles. The van der Waals surface area contributed by atoms with E-state index in [1.807, 2.05) is 0 Å². The van der Waals surface area contributed by atoms with Gasteiger partial charge < -0.3 is 22.2 Å². The lowest BCUT2D eigenvalue weighted by molar-refractivity contribution is -0.848. The highest BCUT2D eigenvalue weighted by atomic mass is 19.5. The summed E-state index contributed by atoms with van der Waals surface area (Å²) < 4.78 is 40.2. The van der Waals surface area contributed by atoms with Gasteiger partial charge in [-0.15, -0.1) is 0 Å². The first kappa shape index (κ1) is 46.3. The predicted molar refractivity (Wildman–Crippen MR) is 194 cm³/mol. The number of hydrogen-bond donors (Lipinski definition) is 0. The molecule has 272 valence electrons. The van der Waals surface area contributed by atoms with Crippen molar-refractivity contribution in [3.8, 4) is 0 Å². The van der Waals surface area contributed by atoms with E-state index in [0.29, 0.717) is 0 Å². The van der Waals surface area contributed by atoms with Crippen molar-refractivity contribution in [3.63, 3.8) is 0 Å². The molecule has 45 heavy (non-hydrogen) atoms.